The van der Waals surface area contributed by atoms with E-state index in [2.05, 4.69) is 10.3 Å². The van der Waals surface area contributed by atoms with Crippen molar-refractivity contribution in [3.63, 3.8) is 0 Å². The molecule has 2 rings (SSSR count). The van der Waals surface area contributed by atoms with E-state index >= 15 is 0 Å². The van der Waals surface area contributed by atoms with Crippen molar-refractivity contribution in [3.05, 3.63) is 47.0 Å². The van der Waals surface area contributed by atoms with Crippen molar-refractivity contribution in [1.82, 2.24) is 5.32 Å². The number of aryl methyl sites for hydroxylation is 1. The summed E-state index contributed by atoms with van der Waals surface area (Å²) in [5.41, 5.74) is 7.60. The monoisotopic (exact) mass is 235 g/mol. The Bertz CT molecular complexity index is 453. The Morgan fingerprint density at radius 2 is 2.12 bits per heavy atom. The molecule has 0 fully saturated rings. The number of allylic oxidation sites excluding steroid dienone is 1. The van der Waals surface area contributed by atoms with Crippen LogP contribution < -0.4 is 11.1 Å². The number of aliphatic imine (C=N–C) groups is 1. The summed E-state index contributed by atoms with van der Waals surface area (Å²) in [5, 5.41) is 2.61. The van der Waals surface area contributed by atoms with Crippen LogP contribution in [-0.4, -0.2) is 12.6 Å². The molecule has 17 heavy (non-hydrogen) atoms. The predicted molar refractivity (Wildman–Crippen MR) is 63.7 cm³/mol. The second-order valence-electron chi connectivity index (χ2n) is 3.83. The molecule has 90 valence electrons. The zero-order valence-corrected chi connectivity index (χ0v) is 9.48. The molecule has 1 aromatic rings. The van der Waals surface area contributed by atoms with Crippen molar-refractivity contribution in [2.45, 2.75) is 19.9 Å². The lowest BCUT2D eigenvalue weighted by atomic mass is 10.2. The largest absolute Gasteiger partial charge is 0.383 e. The van der Waals surface area contributed by atoms with Gasteiger partial charge in [0.2, 0.25) is 6.35 Å². The molecule has 0 aliphatic carbocycles. The highest BCUT2D eigenvalue weighted by molar-refractivity contribution is 5.77. The molecule has 0 bridgehead atoms. The second-order valence-corrected chi connectivity index (χ2v) is 3.83. The van der Waals surface area contributed by atoms with Gasteiger partial charge in [0, 0.05) is 0 Å². The number of benzene rings is 1. The predicted octanol–water partition coefficient (Wildman–Crippen LogP) is 1.57. The van der Waals surface area contributed by atoms with Crippen LogP contribution in [0.25, 0.3) is 0 Å². The molecule has 1 aromatic carbocycles. The number of hydrogen-bond donors (Lipinski definition) is 2. The van der Waals surface area contributed by atoms with Gasteiger partial charge in [0.1, 0.15) is 5.82 Å². The number of ether oxygens (including phenoxy) is 1. The van der Waals surface area contributed by atoms with E-state index in [1.807, 2.05) is 31.2 Å². The van der Waals surface area contributed by atoms with Crippen LogP contribution in [0.15, 0.2) is 40.9 Å². The zero-order chi connectivity index (χ0) is 12.3. The number of nitrogens with two attached hydrogens (primary N) is 1. The summed E-state index contributed by atoms with van der Waals surface area (Å²) >= 11 is 0. The van der Waals surface area contributed by atoms with E-state index in [9.17, 15) is 4.39 Å². The van der Waals surface area contributed by atoms with Gasteiger partial charge in [-0.3, -0.25) is 0 Å². The molecular weight excluding hydrogens is 221 g/mol. The molecule has 1 atom stereocenters. The Labute approximate surface area is 99.0 Å². The lowest BCUT2D eigenvalue weighted by Crippen LogP contribution is -2.36. The number of nitrogens with zero attached hydrogens (tertiary/aromatic N) is 1. The van der Waals surface area contributed by atoms with Crippen molar-refractivity contribution in [1.29, 1.82) is 0 Å². The van der Waals surface area contributed by atoms with Gasteiger partial charge in [0.15, 0.2) is 5.83 Å². The first-order valence-corrected chi connectivity index (χ1v) is 5.27. The van der Waals surface area contributed by atoms with Gasteiger partial charge in [0.25, 0.3) is 0 Å². The van der Waals surface area contributed by atoms with Crippen LogP contribution in [0.1, 0.15) is 11.1 Å². The Morgan fingerprint density at radius 3 is 2.76 bits per heavy atom. The molecule has 4 nitrogen and oxygen atoms in total. The van der Waals surface area contributed by atoms with Gasteiger partial charge in [-0.1, -0.05) is 29.8 Å². The van der Waals surface area contributed by atoms with Crippen LogP contribution in [0, 0.1) is 6.92 Å². The van der Waals surface area contributed by atoms with Gasteiger partial charge in [0.05, 0.1) is 12.8 Å². The van der Waals surface area contributed by atoms with Crippen molar-refractivity contribution in [2.24, 2.45) is 10.7 Å². The van der Waals surface area contributed by atoms with Gasteiger partial charge in [-0.15, -0.1) is 0 Å². The fraction of sp³-hybridized carbons (Fsp3) is 0.250. The van der Waals surface area contributed by atoms with E-state index < -0.39 is 12.2 Å². The summed E-state index contributed by atoms with van der Waals surface area (Å²) in [6.45, 7) is 2.41. The average Bonchev–Trinajstić information content (AvgIpc) is 2.33. The summed E-state index contributed by atoms with van der Waals surface area (Å²) < 4.78 is 18.3. The number of rotatable bonds is 3. The molecule has 1 aliphatic rings. The number of hydrogen-bond acceptors (Lipinski definition) is 4. The molecule has 1 aliphatic heterocycles. The standard InChI is InChI=1S/C12H14FN3O/c1-8-2-4-9(5-3-8)7-17-12-15-6-10(13)11(14)16-12/h2-6,12,16H,7,14H2,1H3. The minimum atomic E-state index is -0.629. The van der Waals surface area contributed by atoms with Gasteiger partial charge < -0.3 is 15.8 Å². The summed E-state index contributed by atoms with van der Waals surface area (Å²) in [5.74, 6) is -0.617. The van der Waals surface area contributed by atoms with Crippen molar-refractivity contribution >= 4 is 6.21 Å². The van der Waals surface area contributed by atoms with E-state index in [-0.39, 0.29) is 5.82 Å². The topological polar surface area (TPSA) is 59.6 Å². The van der Waals surface area contributed by atoms with Crippen molar-refractivity contribution in [3.8, 4) is 0 Å². The van der Waals surface area contributed by atoms with Crippen LogP contribution >= 0.6 is 0 Å². The maximum absolute atomic E-state index is 12.8. The van der Waals surface area contributed by atoms with Crippen LogP contribution in [-0.2, 0) is 11.3 Å². The van der Waals surface area contributed by atoms with Gasteiger partial charge in [-0.25, -0.2) is 9.38 Å². The van der Waals surface area contributed by atoms with Gasteiger partial charge in [-0.05, 0) is 12.5 Å². The Kier molecular flexibility index (Phi) is 3.39. The maximum atomic E-state index is 12.8. The fourth-order valence-corrected chi connectivity index (χ4v) is 1.39. The summed E-state index contributed by atoms with van der Waals surface area (Å²) in [6, 6.07) is 7.96. The summed E-state index contributed by atoms with van der Waals surface area (Å²) in [7, 11) is 0. The maximum Gasteiger partial charge on any atom is 0.227 e. The van der Waals surface area contributed by atoms with E-state index in [1.54, 1.807) is 0 Å². The molecule has 0 amide bonds. The molecule has 1 heterocycles. The SMILES string of the molecule is Cc1ccc(COC2N=CC(F)=C(N)N2)cc1. The van der Waals surface area contributed by atoms with Gasteiger partial charge in [-0.2, -0.15) is 0 Å². The van der Waals surface area contributed by atoms with E-state index in [0.29, 0.717) is 6.61 Å². The van der Waals surface area contributed by atoms with Crippen LogP contribution in [0.4, 0.5) is 4.39 Å². The van der Waals surface area contributed by atoms with Crippen LogP contribution in [0.2, 0.25) is 0 Å². The zero-order valence-electron chi connectivity index (χ0n) is 9.48. The molecule has 3 N–H and O–H groups in total. The Morgan fingerprint density at radius 1 is 1.41 bits per heavy atom. The van der Waals surface area contributed by atoms with Crippen molar-refractivity contribution in [2.75, 3.05) is 0 Å². The van der Waals surface area contributed by atoms with Crippen molar-refractivity contribution < 1.29 is 9.13 Å². The quantitative estimate of drug-likeness (QED) is 0.836. The number of halogens is 1. The smallest absolute Gasteiger partial charge is 0.227 e. The van der Waals surface area contributed by atoms with E-state index in [1.165, 1.54) is 5.56 Å². The minimum Gasteiger partial charge on any atom is -0.383 e. The normalized spacial score (nSPS) is 19.3. The number of nitrogens with one attached hydrogen (secondary N) is 1. The third-order valence-electron chi connectivity index (χ3n) is 2.39. The first kappa shape index (κ1) is 11.6. The average molecular weight is 235 g/mol. The highest BCUT2D eigenvalue weighted by atomic mass is 19.1. The third-order valence-corrected chi connectivity index (χ3v) is 2.39. The first-order chi connectivity index (χ1) is 8.15. The molecule has 0 aromatic heterocycles. The summed E-state index contributed by atoms with van der Waals surface area (Å²) in [6.07, 6.45) is 0.432. The minimum absolute atomic E-state index is 0.0473. The molecule has 5 heteroatoms. The highest BCUT2D eigenvalue weighted by Crippen LogP contribution is 2.09. The molecule has 1 unspecified atom stereocenters. The van der Waals surface area contributed by atoms with Gasteiger partial charge >= 0.3 is 0 Å². The lowest BCUT2D eigenvalue weighted by Gasteiger charge is -2.19. The molecular formula is C12H14FN3O. The first-order valence-electron chi connectivity index (χ1n) is 5.27. The Balaban J connectivity index is 1.88. The molecule has 0 saturated heterocycles. The summed E-state index contributed by atoms with van der Waals surface area (Å²) in [4.78, 5) is 3.82. The Hall–Kier alpha value is -1.88. The molecule has 0 radical (unpaired) electrons. The van der Waals surface area contributed by atoms with Crippen LogP contribution in [0.3, 0.4) is 0 Å². The van der Waals surface area contributed by atoms with E-state index in [4.69, 9.17) is 10.5 Å². The van der Waals surface area contributed by atoms with Crippen LogP contribution in [0.5, 0.6) is 0 Å². The van der Waals surface area contributed by atoms with E-state index in [0.717, 1.165) is 11.8 Å². The molecule has 0 spiro atoms. The fourth-order valence-electron chi connectivity index (χ4n) is 1.39. The third kappa shape index (κ3) is 3.04. The highest BCUT2D eigenvalue weighted by Gasteiger charge is 2.14. The molecule has 0 saturated carbocycles. The lowest BCUT2D eigenvalue weighted by molar-refractivity contribution is 0.0289. The second kappa shape index (κ2) is 4.97.